The first kappa shape index (κ1) is 17.2. The predicted molar refractivity (Wildman–Crippen MR) is 99.6 cm³/mol. The van der Waals surface area contributed by atoms with Gasteiger partial charge in [-0.25, -0.2) is 0 Å². The van der Waals surface area contributed by atoms with E-state index in [0.717, 1.165) is 25.9 Å². The maximum Gasteiger partial charge on any atom is 0.0620 e. The predicted octanol–water partition coefficient (Wildman–Crippen LogP) is 4.63. The van der Waals surface area contributed by atoms with Crippen LogP contribution in [-0.2, 0) is 13.1 Å². The van der Waals surface area contributed by atoms with Crippen molar-refractivity contribution in [2.24, 2.45) is 5.92 Å². The van der Waals surface area contributed by atoms with Crippen LogP contribution in [0, 0.1) is 5.92 Å². The number of aliphatic hydroxyl groups is 1. The van der Waals surface area contributed by atoms with E-state index in [1.165, 1.54) is 17.5 Å². The molecule has 0 spiro atoms. The highest BCUT2D eigenvalue weighted by Crippen LogP contribution is 2.37. The zero-order valence-corrected chi connectivity index (χ0v) is 14.9. The van der Waals surface area contributed by atoms with E-state index in [9.17, 15) is 5.11 Å². The molecule has 0 bridgehead atoms. The normalized spacial score (nSPS) is 21.3. The van der Waals surface area contributed by atoms with Crippen LogP contribution in [0.15, 0.2) is 60.7 Å². The fourth-order valence-corrected chi connectivity index (χ4v) is 3.88. The summed E-state index contributed by atoms with van der Waals surface area (Å²) in [6.07, 6.45) is 3.38. The average molecular weight is 323 g/mol. The molecule has 3 rings (SSSR count). The summed E-state index contributed by atoms with van der Waals surface area (Å²) in [6, 6.07) is 22.0. The van der Waals surface area contributed by atoms with E-state index in [-0.39, 0.29) is 0 Å². The molecule has 2 nitrogen and oxygen atoms in total. The number of hydrogen-bond donors (Lipinski definition) is 1. The molecule has 1 saturated carbocycles. The van der Waals surface area contributed by atoms with E-state index in [1.807, 2.05) is 13.8 Å². The van der Waals surface area contributed by atoms with Gasteiger partial charge in [0.15, 0.2) is 0 Å². The largest absolute Gasteiger partial charge is 0.390 e. The summed E-state index contributed by atoms with van der Waals surface area (Å²) in [5, 5.41) is 10.4. The molecule has 2 aromatic rings. The Balaban J connectivity index is 1.75. The van der Waals surface area contributed by atoms with Gasteiger partial charge in [-0.2, -0.15) is 0 Å². The monoisotopic (exact) mass is 323 g/mol. The quantitative estimate of drug-likeness (QED) is 0.838. The summed E-state index contributed by atoms with van der Waals surface area (Å²) in [6.45, 7) is 5.86. The molecule has 2 atom stereocenters. The maximum absolute atomic E-state index is 10.4. The number of hydrogen-bond acceptors (Lipinski definition) is 2. The van der Waals surface area contributed by atoms with Crippen molar-refractivity contribution in [2.75, 3.05) is 0 Å². The van der Waals surface area contributed by atoms with Crippen molar-refractivity contribution in [2.45, 2.75) is 57.8 Å². The van der Waals surface area contributed by atoms with E-state index in [0.29, 0.717) is 12.0 Å². The van der Waals surface area contributed by atoms with E-state index >= 15 is 0 Å². The fraction of sp³-hybridized carbons (Fsp3) is 0.455. The highest BCUT2D eigenvalue weighted by Gasteiger charge is 2.36. The Morgan fingerprint density at radius 1 is 0.875 bits per heavy atom. The van der Waals surface area contributed by atoms with Gasteiger partial charge in [-0.1, -0.05) is 60.7 Å². The average Bonchev–Trinajstić information content (AvgIpc) is 3.06. The summed E-state index contributed by atoms with van der Waals surface area (Å²) in [7, 11) is 0. The molecule has 0 aromatic heterocycles. The summed E-state index contributed by atoms with van der Waals surface area (Å²) in [5.41, 5.74) is 2.15. The van der Waals surface area contributed by atoms with Gasteiger partial charge in [0.1, 0.15) is 0 Å². The standard InChI is InChI=1S/C22H29NO/c1-22(2,24)20-13-14-21(15-20)23(16-18-9-5-3-6-10-18)17-19-11-7-4-8-12-19/h3-12,20-21,24H,13-17H2,1-2H3/t20-,21-/m1/s1. The van der Waals surface area contributed by atoms with Crippen LogP contribution in [0.2, 0.25) is 0 Å². The number of benzene rings is 2. The summed E-state index contributed by atoms with van der Waals surface area (Å²) in [5.74, 6) is 0.400. The molecular weight excluding hydrogens is 294 g/mol. The van der Waals surface area contributed by atoms with Crippen LogP contribution in [0.5, 0.6) is 0 Å². The van der Waals surface area contributed by atoms with Gasteiger partial charge in [0.2, 0.25) is 0 Å². The molecule has 1 aliphatic carbocycles. The highest BCUT2D eigenvalue weighted by atomic mass is 16.3. The van der Waals surface area contributed by atoms with Gasteiger partial charge in [-0.15, -0.1) is 0 Å². The van der Waals surface area contributed by atoms with Gasteiger partial charge < -0.3 is 5.11 Å². The SMILES string of the molecule is CC(C)(O)[C@@H]1CC[C@@H](N(Cc2ccccc2)Cc2ccccc2)C1. The first-order chi connectivity index (χ1) is 11.5. The third kappa shape index (κ3) is 4.46. The Morgan fingerprint density at radius 2 is 1.38 bits per heavy atom. The van der Waals surface area contributed by atoms with Crippen molar-refractivity contribution in [1.82, 2.24) is 4.90 Å². The van der Waals surface area contributed by atoms with Gasteiger partial charge in [0.05, 0.1) is 5.60 Å². The molecule has 128 valence electrons. The Morgan fingerprint density at radius 3 is 1.79 bits per heavy atom. The molecule has 2 aromatic carbocycles. The van der Waals surface area contributed by atoms with E-state index in [4.69, 9.17) is 0 Å². The van der Waals surface area contributed by atoms with Gasteiger partial charge in [0.25, 0.3) is 0 Å². The molecule has 0 heterocycles. The maximum atomic E-state index is 10.4. The Kier molecular flexibility index (Phi) is 5.37. The lowest BCUT2D eigenvalue weighted by Gasteiger charge is -2.31. The molecular formula is C22H29NO. The second kappa shape index (κ2) is 7.50. The Bertz CT molecular complexity index is 576. The van der Waals surface area contributed by atoms with Crippen LogP contribution in [0.1, 0.15) is 44.2 Å². The number of nitrogens with zero attached hydrogens (tertiary/aromatic N) is 1. The van der Waals surface area contributed by atoms with Crippen LogP contribution in [0.3, 0.4) is 0 Å². The second-order valence-electron chi connectivity index (χ2n) is 7.69. The Labute approximate surface area is 146 Å². The molecule has 0 amide bonds. The molecule has 1 fully saturated rings. The lowest BCUT2D eigenvalue weighted by Crippen LogP contribution is -2.35. The molecule has 0 unspecified atom stereocenters. The summed E-state index contributed by atoms with van der Waals surface area (Å²) in [4.78, 5) is 2.59. The van der Waals surface area contributed by atoms with E-state index < -0.39 is 5.60 Å². The smallest absolute Gasteiger partial charge is 0.0620 e. The molecule has 2 heteroatoms. The van der Waals surface area contributed by atoms with Crippen LogP contribution in [0.4, 0.5) is 0 Å². The zero-order valence-electron chi connectivity index (χ0n) is 14.9. The number of rotatable bonds is 6. The summed E-state index contributed by atoms with van der Waals surface area (Å²) >= 11 is 0. The molecule has 0 radical (unpaired) electrons. The molecule has 0 saturated heterocycles. The van der Waals surface area contributed by atoms with Crippen molar-refractivity contribution in [1.29, 1.82) is 0 Å². The third-order valence-electron chi connectivity index (χ3n) is 5.38. The van der Waals surface area contributed by atoms with E-state index in [1.54, 1.807) is 0 Å². The zero-order chi connectivity index (χ0) is 17.0. The summed E-state index contributed by atoms with van der Waals surface area (Å²) < 4.78 is 0. The molecule has 1 aliphatic rings. The van der Waals surface area contributed by atoms with Crippen LogP contribution in [-0.4, -0.2) is 21.6 Å². The van der Waals surface area contributed by atoms with Crippen molar-refractivity contribution in [3.63, 3.8) is 0 Å². The minimum atomic E-state index is -0.570. The molecule has 24 heavy (non-hydrogen) atoms. The Hall–Kier alpha value is -1.64. The highest BCUT2D eigenvalue weighted by molar-refractivity contribution is 5.17. The first-order valence-electron chi connectivity index (χ1n) is 9.06. The van der Waals surface area contributed by atoms with Gasteiger partial charge in [-0.3, -0.25) is 4.90 Å². The van der Waals surface area contributed by atoms with Crippen LogP contribution in [0.25, 0.3) is 0 Å². The van der Waals surface area contributed by atoms with Crippen molar-refractivity contribution >= 4 is 0 Å². The fourth-order valence-electron chi connectivity index (χ4n) is 3.88. The second-order valence-corrected chi connectivity index (χ2v) is 7.69. The van der Waals surface area contributed by atoms with Crippen molar-refractivity contribution in [3.05, 3.63) is 71.8 Å². The third-order valence-corrected chi connectivity index (χ3v) is 5.38. The lowest BCUT2D eigenvalue weighted by molar-refractivity contribution is 0.0157. The van der Waals surface area contributed by atoms with E-state index in [2.05, 4.69) is 65.6 Å². The van der Waals surface area contributed by atoms with Crippen LogP contribution >= 0.6 is 0 Å². The van der Waals surface area contributed by atoms with Gasteiger partial charge in [0, 0.05) is 19.1 Å². The molecule has 0 aliphatic heterocycles. The lowest BCUT2D eigenvalue weighted by atomic mass is 9.89. The van der Waals surface area contributed by atoms with Crippen LogP contribution < -0.4 is 0 Å². The topological polar surface area (TPSA) is 23.5 Å². The van der Waals surface area contributed by atoms with Gasteiger partial charge in [-0.05, 0) is 50.2 Å². The van der Waals surface area contributed by atoms with Crippen molar-refractivity contribution in [3.8, 4) is 0 Å². The van der Waals surface area contributed by atoms with Crippen molar-refractivity contribution < 1.29 is 5.11 Å². The molecule has 1 N–H and O–H groups in total. The minimum absolute atomic E-state index is 0.400. The first-order valence-corrected chi connectivity index (χ1v) is 9.06. The van der Waals surface area contributed by atoms with Gasteiger partial charge >= 0.3 is 0 Å². The minimum Gasteiger partial charge on any atom is -0.390 e.